The number of sulfonamides is 1. The van der Waals surface area contributed by atoms with Crippen molar-refractivity contribution in [1.29, 1.82) is 0 Å². The normalized spacial score (nSPS) is 17.8. The van der Waals surface area contributed by atoms with Crippen molar-refractivity contribution in [2.45, 2.75) is 11.8 Å². The molecule has 1 fully saturated rings. The molecule has 1 heterocycles. The molecule has 1 saturated heterocycles. The molecule has 0 spiro atoms. The molecule has 7 heteroatoms. The van der Waals surface area contributed by atoms with E-state index in [9.17, 15) is 17.6 Å². The third-order valence-electron chi connectivity index (χ3n) is 3.18. The number of rotatable bonds is 2. The summed E-state index contributed by atoms with van der Waals surface area (Å²) in [7, 11) is -2.11. The van der Waals surface area contributed by atoms with E-state index in [1.54, 1.807) is 7.05 Å². The number of aryl methyl sites for hydroxylation is 1. The SMILES string of the molecule is Cc1cc(F)ccc1S(=O)(=O)N1CCN(C)C(=O)C1. The van der Waals surface area contributed by atoms with E-state index < -0.39 is 15.8 Å². The van der Waals surface area contributed by atoms with E-state index in [0.717, 1.165) is 10.4 Å². The lowest BCUT2D eigenvalue weighted by atomic mass is 10.2. The first-order valence-electron chi connectivity index (χ1n) is 5.82. The molecule has 1 aliphatic rings. The van der Waals surface area contributed by atoms with Crippen molar-refractivity contribution >= 4 is 15.9 Å². The molecule has 0 saturated carbocycles. The Bertz CT molecular complexity index is 615. The van der Waals surface area contributed by atoms with Gasteiger partial charge in [-0.3, -0.25) is 4.79 Å². The Balaban J connectivity index is 2.35. The van der Waals surface area contributed by atoms with Crippen molar-refractivity contribution in [3.05, 3.63) is 29.6 Å². The van der Waals surface area contributed by atoms with Crippen LogP contribution in [0.15, 0.2) is 23.1 Å². The fourth-order valence-electron chi connectivity index (χ4n) is 1.98. The zero-order chi connectivity index (χ0) is 14.2. The van der Waals surface area contributed by atoms with Crippen molar-refractivity contribution in [2.75, 3.05) is 26.7 Å². The van der Waals surface area contributed by atoms with Gasteiger partial charge in [0.1, 0.15) is 5.82 Å². The molecule has 1 aliphatic heterocycles. The molecule has 0 atom stereocenters. The number of hydrogen-bond acceptors (Lipinski definition) is 3. The van der Waals surface area contributed by atoms with E-state index in [1.807, 2.05) is 0 Å². The van der Waals surface area contributed by atoms with Crippen LogP contribution in [0, 0.1) is 12.7 Å². The van der Waals surface area contributed by atoms with E-state index in [1.165, 1.54) is 24.0 Å². The number of likely N-dealkylation sites (N-methyl/N-ethyl adjacent to an activating group) is 1. The molecule has 1 aromatic carbocycles. The summed E-state index contributed by atoms with van der Waals surface area (Å²) in [4.78, 5) is 13.1. The van der Waals surface area contributed by atoms with E-state index in [2.05, 4.69) is 0 Å². The molecule has 0 aromatic heterocycles. The predicted molar refractivity (Wildman–Crippen MR) is 67.5 cm³/mol. The summed E-state index contributed by atoms with van der Waals surface area (Å²) >= 11 is 0. The second-order valence-corrected chi connectivity index (χ2v) is 6.47. The van der Waals surface area contributed by atoms with Crippen molar-refractivity contribution in [3.63, 3.8) is 0 Å². The van der Waals surface area contributed by atoms with E-state index in [0.29, 0.717) is 12.1 Å². The van der Waals surface area contributed by atoms with Crippen LogP contribution < -0.4 is 0 Å². The Morgan fingerprint density at radius 2 is 1.95 bits per heavy atom. The number of carbonyl (C=O) groups excluding carboxylic acids is 1. The Morgan fingerprint density at radius 1 is 1.26 bits per heavy atom. The molecule has 1 amide bonds. The van der Waals surface area contributed by atoms with Crippen LogP contribution in [-0.2, 0) is 14.8 Å². The van der Waals surface area contributed by atoms with Crippen LogP contribution in [0.5, 0.6) is 0 Å². The van der Waals surface area contributed by atoms with Gasteiger partial charge in [-0.25, -0.2) is 12.8 Å². The highest BCUT2D eigenvalue weighted by Crippen LogP contribution is 2.21. The second-order valence-electron chi connectivity index (χ2n) is 4.56. The second kappa shape index (κ2) is 4.90. The summed E-state index contributed by atoms with van der Waals surface area (Å²) < 4.78 is 39.0. The average Bonchev–Trinajstić information content (AvgIpc) is 2.32. The van der Waals surface area contributed by atoms with Gasteiger partial charge in [-0.2, -0.15) is 4.31 Å². The van der Waals surface area contributed by atoms with Crippen LogP contribution in [-0.4, -0.2) is 50.2 Å². The van der Waals surface area contributed by atoms with Gasteiger partial charge in [0.15, 0.2) is 0 Å². The summed E-state index contributed by atoms with van der Waals surface area (Å²) in [5.74, 6) is -0.722. The van der Waals surface area contributed by atoms with Crippen LogP contribution in [0.3, 0.4) is 0 Å². The zero-order valence-electron chi connectivity index (χ0n) is 10.8. The van der Waals surface area contributed by atoms with E-state index in [-0.39, 0.29) is 23.9 Å². The monoisotopic (exact) mass is 286 g/mol. The molecule has 19 heavy (non-hydrogen) atoms. The van der Waals surface area contributed by atoms with Gasteiger partial charge in [-0.15, -0.1) is 0 Å². The van der Waals surface area contributed by atoms with Gasteiger partial charge in [0, 0.05) is 20.1 Å². The van der Waals surface area contributed by atoms with Crippen LogP contribution >= 0.6 is 0 Å². The first kappa shape index (κ1) is 14.0. The quantitative estimate of drug-likeness (QED) is 0.800. The molecule has 0 unspecified atom stereocenters. The van der Waals surface area contributed by atoms with E-state index >= 15 is 0 Å². The molecule has 5 nitrogen and oxygen atoms in total. The maximum atomic E-state index is 13.0. The number of carbonyl (C=O) groups is 1. The van der Waals surface area contributed by atoms with Gasteiger partial charge in [-0.05, 0) is 30.7 Å². The minimum Gasteiger partial charge on any atom is -0.343 e. The Morgan fingerprint density at radius 3 is 2.53 bits per heavy atom. The number of nitrogens with zero attached hydrogens (tertiary/aromatic N) is 2. The lowest BCUT2D eigenvalue weighted by Crippen LogP contribution is -2.50. The van der Waals surface area contributed by atoms with E-state index in [4.69, 9.17) is 0 Å². The average molecular weight is 286 g/mol. The molecule has 0 bridgehead atoms. The smallest absolute Gasteiger partial charge is 0.243 e. The molecule has 1 aromatic rings. The standard InChI is InChI=1S/C12H15FN2O3S/c1-9-7-10(13)3-4-11(9)19(17,18)15-6-5-14(2)12(16)8-15/h3-4,7H,5-6,8H2,1-2H3. The lowest BCUT2D eigenvalue weighted by molar-refractivity contribution is -0.132. The zero-order valence-corrected chi connectivity index (χ0v) is 11.6. The summed E-state index contributed by atoms with van der Waals surface area (Å²) in [5, 5.41) is 0. The summed E-state index contributed by atoms with van der Waals surface area (Å²) in [6, 6.07) is 3.52. The molecule has 2 rings (SSSR count). The highest BCUT2D eigenvalue weighted by Gasteiger charge is 2.32. The Hall–Kier alpha value is -1.47. The highest BCUT2D eigenvalue weighted by molar-refractivity contribution is 7.89. The van der Waals surface area contributed by atoms with Gasteiger partial charge in [0.2, 0.25) is 15.9 Å². The van der Waals surface area contributed by atoms with Gasteiger partial charge >= 0.3 is 0 Å². The Labute approximate surface area is 111 Å². The number of benzene rings is 1. The molecular weight excluding hydrogens is 271 g/mol. The minimum atomic E-state index is -3.75. The topological polar surface area (TPSA) is 57.7 Å². The highest BCUT2D eigenvalue weighted by atomic mass is 32.2. The van der Waals surface area contributed by atoms with Crippen LogP contribution in [0.2, 0.25) is 0 Å². The fraction of sp³-hybridized carbons (Fsp3) is 0.417. The predicted octanol–water partition coefficient (Wildman–Crippen LogP) is 0.597. The molecule has 104 valence electrons. The Kier molecular flexibility index (Phi) is 3.60. The number of amides is 1. The van der Waals surface area contributed by atoms with Crippen LogP contribution in [0.1, 0.15) is 5.56 Å². The number of piperazine rings is 1. The third kappa shape index (κ3) is 2.62. The van der Waals surface area contributed by atoms with Crippen LogP contribution in [0.4, 0.5) is 4.39 Å². The van der Waals surface area contributed by atoms with Gasteiger partial charge in [0.05, 0.1) is 11.4 Å². The lowest BCUT2D eigenvalue weighted by Gasteiger charge is -2.31. The first-order valence-corrected chi connectivity index (χ1v) is 7.26. The largest absolute Gasteiger partial charge is 0.343 e. The number of hydrogen-bond donors (Lipinski definition) is 0. The van der Waals surface area contributed by atoms with Gasteiger partial charge in [-0.1, -0.05) is 0 Å². The molecule has 0 aliphatic carbocycles. The number of halogens is 1. The van der Waals surface area contributed by atoms with Crippen LogP contribution in [0.25, 0.3) is 0 Å². The third-order valence-corrected chi connectivity index (χ3v) is 5.18. The van der Waals surface area contributed by atoms with Crippen molar-refractivity contribution in [2.24, 2.45) is 0 Å². The van der Waals surface area contributed by atoms with Gasteiger partial charge in [0.25, 0.3) is 0 Å². The molecule has 0 N–H and O–H groups in total. The van der Waals surface area contributed by atoms with Gasteiger partial charge < -0.3 is 4.90 Å². The maximum Gasteiger partial charge on any atom is 0.243 e. The molecular formula is C12H15FN2O3S. The minimum absolute atomic E-state index is 0.0475. The fourth-order valence-corrected chi connectivity index (χ4v) is 3.57. The summed E-state index contributed by atoms with van der Waals surface area (Å²) in [6.07, 6.45) is 0. The molecule has 0 radical (unpaired) electrons. The first-order chi connectivity index (χ1) is 8.82. The summed E-state index contributed by atoms with van der Waals surface area (Å²) in [5.41, 5.74) is 0.339. The van der Waals surface area contributed by atoms with Crippen molar-refractivity contribution in [3.8, 4) is 0 Å². The summed E-state index contributed by atoms with van der Waals surface area (Å²) in [6.45, 7) is 1.98. The van der Waals surface area contributed by atoms with Crippen molar-refractivity contribution < 1.29 is 17.6 Å². The van der Waals surface area contributed by atoms with Crippen molar-refractivity contribution in [1.82, 2.24) is 9.21 Å². The maximum absolute atomic E-state index is 13.0.